The molecule has 0 N–H and O–H groups in total. The standard InChI is InChI=1S/C9H14N2O/c1-9(2,3)8-5-7(6-12)11(4)10-8/h5-6H,1-4H3. The minimum absolute atomic E-state index is 0.0129. The second-order valence-electron chi connectivity index (χ2n) is 3.95. The van der Waals surface area contributed by atoms with E-state index in [-0.39, 0.29) is 5.41 Å². The van der Waals surface area contributed by atoms with Gasteiger partial charge in [-0.25, -0.2) is 0 Å². The number of aldehydes is 1. The van der Waals surface area contributed by atoms with Gasteiger partial charge in [-0.05, 0) is 6.07 Å². The molecule has 1 rings (SSSR count). The van der Waals surface area contributed by atoms with Crippen LogP contribution in [0.25, 0.3) is 0 Å². The smallest absolute Gasteiger partial charge is 0.168 e. The van der Waals surface area contributed by atoms with E-state index in [1.54, 1.807) is 11.7 Å². The van der Waals surface area contributed by atoms with Crippen molar-refractivity contribution in [3.05, 3.63) is 17.5 Å². The van der Waals surface area contributed by atoms with Gasteiger partial charge in [0.05, 0.1) is 5.69 Å². The van der Waals surface area contributed by atoms with E-state index >= 15 is 0 Å². The van der Waals surface area contributed by atoms with Gasteiger partial charge in [-0.3, -0.25) is 9.48 Å². The molecule has 0 aliphatic carbocycles. The summed E-state index contributed by atoms with van der Waals surface area (Å²) < 4.78 is 1.60. The highest BCUT2D eigenvalue weighted by atomic mass is 16.1. The van der Waals surface area contributed by atoms with Crippen LogP contribution in [0.1, 0.15) is 37.0 Å². The van der Waals surface area contributed by atoms with E-state index in [2.05, 4.69) is 25.9 Å². The van der Waals surface area contributed by atoms with E-state index in [0.717, 1.165) is 12.0 Å². The molecule has 1 aromatic rings. The molecule has 1 heterocycles. The first kappa shape index (κ1) is 8.97. The molecule has 0 aliphatic rings. The summed E-state index contributed by atoms with van der Waals surface area (Å²) in [4.78, 5) is 10.5. The molecule has 0 saturated carbocycles. The van der Waals surface area contributed by atoms with Gasteiger partial charge >= 0.3 is 0 Å². The zero-order valence-electron chi connectivity index (χ0n) is 7.96. The molecule has 0 spiro atoms. The highest BCUT2D eigenvalue weighted by Gasteiger charge is 2.18. The number of aromatic nitrogens is 2. The highest BCUT2D eigenvalue weighted by Crippen LogP contribution is 2.20. The molecule has 0 atom stereocenters. The van der Waals surface area contributed by atoms with Crippen molar-refractivity contribution >= 4 is 6.29 Å². The van der Waals surface area contributed by atoms with E-state index in [1.807, 2.05) is 6.07 Å². The first-order valence-electron chi connectivity index (χ1n) is 3.95. The minimum Gasteiger partial charge on any atom is -0.296 e. The summed E-state index contributed by atoms with van der Waals surface area (Å²) in [6.07, 6.45) is 0.822. The third-order valence-corrected chi connectivity index (χ3v) is 1.81. The van der Waals surface area contributed by atoms with Crippen molar-refractivity contribution in [2.45, 2.75) is 26.2 Å². The Morgan fingerprint density at radius 3 is 2.33 bits per heavy atom. The molecular weight excluding hydrogens is 152 g/mol. The minimum atomic E-state index is 0.0129. The van der Waals surface area contributed by atoms with Crippen LogP contribution in [0.3, 0.4) is 0 Å². The van der Waals surface area contributed by atoms with E-state index in [0.29, 0.717) is 5.69 Å². The number of hydrogen-bond acceptors (Lipinski definition) is 2. The summed E-state index contributed by atoms with van der Waals surface area (Å²) in [5.74, 6) is 0. The molecule has 0 saturated heterocycles. The van der Waals surface area contributed by atoms with Gasteiger partial charge in [-0.15, -0.1) is 0 Å². The summed E-state index contributed by atoms with van der Waals surface area (Å²) in [5.41, 5.74) is 1.59. The first-order chi connectivity index (χ1) is 5.45. The summed E-state index contributed by atoms with van der Waals surface area (Å²) in [6, 6.07) is 1.83. The average molecular weight is 166 g/mol. The van der Waals surface area contributed by atoms with Crippen LogP contribution < -0.4 is 0 Å². The van der Waals surface area contributed by atoms with Crippen LogP contribution in [0.4, 0.5) is 0 Å². The third kappa shape index (κ3) is 1.55. The van der Waals surface area contributed by atoms with Crippen molar-refractivity contribution < 1.29 is 4.79 Å². The fraction of sp³-hybridized carbons (Fsp3) is 0.556. The lowest BCUT2D eigenvalue weighted by Gasteiger charge is -2.13. The number of carbonyl (C=O) groups excluding carboxylic acids is 1. The van der Waals surface area contributed by atoms with Gasteiger partial charge in [0.2, 0.25) is 0 Å². The molecular formula is C9H14N2O. The molecule has 3 nitrogen and oxygen atoms in total. The molecule has 0 aromatic carbocycles. The Labute approximate surface area is 72.4 Å². The van der Waals surface area contributed by atoms with Crippen LogP contribution in [-0.2, 0) is 12.5 Å². The van der Waals surface area contributed by atoms with Gasteiger partial charge in [-0.1, -0.05) is 20.8 Å². The van der Waals surface area contributed by atoms with Crippen molar-refractivity contribution in [2.75, 3.05) is 0 Å². The lowest BCUT2D eigenvalue weighted by Crippen LogP contribution is -2.12. The Morgan fingerprint density at radius 2 is 2.08 bits per heavy atom. The quantitative estimate of drug-likeness (QED) is 0.593. The van der Waals surface area contributed by atoms with E-state index < -0.39 is 0 Å². The van der Waals surface area contributed by atoms with Gasteiger partial charge in [0.15, 0.2) is 6.29 Å². The first-order valence-corrected chi connectivity index (χ1v) is 3.95. The molecule has 0 fully saturated rings. The molecule has 66 valence electrons. The van der Waals surface area contributed by atoms with Crippen molar-refractivity contribution in [3.8, 4) is 0 Å². The summed E-state index contributed by atoms with van der Waals surface area (Å²) in [6.45, 7) is 6.22. The zero-order valence-corrected chi connectivity index (χ0v) is 7.96. The third-order valence-electron chi connectivity index (χ3n) is 1.81. The van der Waals surface area contributed by atoms with Crippen LogP contribution in [0.5, 0.6) is 0 Å². The van der Waals surface area contributed by atoms with Gasteiger partial charge in [0.1, 0.15) is 5.69 Å². The highest BCUT2D eigenvalue weighted by molar-refractivity contribution is 5.72. The van der Waals surface area contributed by atoms with Gasteiger partial charge in [0.25, 0.3) is 0 Å². The Bertz CT molecular complexity index is 294. The maximum Gasteiger partial charge on any atom is 0.168 e. The summed E-state index contributed by atoms with van der Waals surface area (Å²) in [7, 11) is 1.78. The number of hydrogen-bond donors (Lipinski definition) is 0. The van der Waals surface area contributed by atoms with E-state index in [9.17, 15) is 4.79 Å². The van der Waals surface area contributed by atoms with Crippen LogP contribution >= 0.6 is 0 Å². The van der Waals surface area contributed by atoms with Crippen LogP contribution in [0, 0.1) is 0 Å². The fourth-order valence-electron chi connectivity index (χ4n) is 0.959. The van der Waals surface area contributed by atoms with Crippen molar-refractivity contribution in [1.29, 1.82) is 0 Å². The van der Waals surface area contributed by atoms with Crippen LogP contribution in [-0.4, -0.2) is 16.1 Å². The van der Waals surface area contributed by atoms with Crippen LogP contribution in [0.15, 0.2) is 6.07 Å². The molecule has 3 heteroatoms. The van der Waals surface area contributed by atoms with Crippen molar-refractivity contribution in [3.63, 3.8) is 0 Å². The number of nitrogens with zero attached hydrogens (tertiary/aromatic N) is 2. The maximum absolute atomic E-state index is 10.5. The van der Waals surface area contributed by atoms with Gasteiger partial charge in [-0.2, -0.15) is 5.10 Å². The fourth-order valence-corrected chi connectivity index (χ4v) is 0.959. The predicted molar refractivity (Wildman–Crippen MR) is 47.3 cm³/mol. The second-order valence-corrected chi connectivity index (χ2v) is 3.95. The Kier molecular flexibility index (Phi) is 2.04. The Morgan fingerprint density at radius 1 is 1.50 bits per heavy atom. The largest absolute Gasteiger partial charge is 0.296 e. The van der Waals surface area contributed by atoms with E-state index in [1.165, 1.54) is 0 Å². The number of rotatable bonds is 1. The normalized spacial score (nSPS) is 11.7. The summed E-state index contributed by atoms with van der Waals surface area (Å²) >= 11 is 0. The van der Waals surface area contributed by atoms with E-state index in [4.69, 9.17) is 0 Å². The molecule has 12 heavy (non-hydrogen) atoms. The summed E-state index contributed by atoms with van der Waals surface area (Å²) in [5, 5.41) is 4.24. The average Bonchev–Trinajstić information content (AvgIpc) is 2.29. The van der Waals surface area contributed by atoms with Crippen LogP contribution in [0.2, 0.25) is 0 Å². The molecule has 0 unspecified atom stereocenters. The molecule has 0 radical (unpaired) electrons. The monoisotopic (exact) mass is 166 g/mol. The molecule has 0 amide bonds. The Balaban J connectivity index is 3.13. The van der Waals surface area contributed by atoms with Crippen molar-refractivity contribution in [2.24, 2.45) is 7.05 Å². The van der Waals surface area contributed by atoms with Gasteiger partial charge in [0, 0.05) is 12.5 Å². The number of carbonyl (C=O) groups is 1. The van der Waals surface area contributed by atoms with Gasteiger partial charge < -0.3 is 0 Å². The predicted octanol–water partition coefficient (Wildman–Crippen LogP) is 1.53. The zero-order chi connectivity index (χ0) is 9.35. The Hall–Kier alpha value is -1.12. The van der Waals surface area contributed by atoms with Crippen molar-refractivity contribution in [1.82, 2.24) is 9.78 Å². The topological polar surface area (TPSA) is 34.9 Å². The lowest BCUT2D eigenvalue weighted by molar-refractivity contribution is 0.111. The number of aryl methyl sites for hydroxylation is 1. The maximum atomic E-state index is 10.5. The lowest BCUT2D eigenvalue weighted by atomic mass is 9.92. The molecule has 0 aliphatic heterocycles. The second kappa shape index (κ2) is 2.73. The molecule has 1 aromatic heterocycles. The molecule has 0 bridgehead atoms. The SMILES string of the molecule is Cn1nc(C(C)(C)C)cc1C=O.